The summed E-state index contributed by atoms with van der Waals surface area (Å²) in [6.45, 7) is 11.0. The van der Waals surface area contributed by atoms with Gasteiger partial charge in [-0.2, -0.15) is 0 Å². The third-order valence-corrected chi connectivity index (χ3v) is 4.42. The second-order valence-corrected chi connectivity index (χ2v) is 6.67. The topological polar surface area (TPSA) is 41.6 Å². The van der Waals surface area contributed by atoms with Gasteiger partial charge in [0.05, 0.1) is 25.8 Å². The van der Waals surface area contributed by atoms with Crippen LogP contribution in [0, 0.1) is 0 Å². The van der Waals surface area contributed by atoms with Crippen molar-refractivity contribution in [2.75, 3.05) is 26.3 Å². The van der Waals surface area contributed by atoms with Crippen LogP contribution < -0.4 is 5.32 Å². The maximum Gasteiger partial charge on any atom is 0.234 e. The first-order chi connectivity index (χ1) is 10.4. The maximum absolute atomic E-state index is 12.3. The van der Waals surface area contributed by atoms with E-state index in [0.717, 1.165) is 18.5 Å². The van der Waals surface area contributed by atoms with Crippen LogP contribution in [0.2, 0.25) is 0 Å². The minimum absolute atomic E-state index is 0.0301. The molecule has 0 bridgehead atoms. The summed E-state index contributed by atoms with van der Waals surface area (Å²) >= 11 is 0. The molecule has 0 aliphatic carbocycles. The normalized spacial score (nSPS) is 19.6. The van der Waals surface area contributed by atoms with Crippen LogP contribution in [0.5, 0.6) is 0 Å². The van der Waals surface area contributed by atoms with Gasteiger partial charge in [-0.25, -0.2) is 0 Å². The number of hydrogen-bond donors (Lipinski definition) is 1. The summed E-state index contributed by atoms with van der Waals surface area (Å²) < 4.78 is 5.50. The van der Waals surface area contributed by atoms with Crippen LogP contribution >= 0.6 is 0 Å². The molecule has 4 nitrogen and oxygen atoms in total. The minimum Gasteiger partial charge on any atom is -0.378 e. The molecule has 1 atom stereocenters. The number of hydrogen-bond acceptors (Lipinski definition) is 3. The lowest BCUT2D eigenvalue weighted by Crippen LogP contribution is -2.55. The predicted octanol–water partition coefficient (Wildman–Crippen LogP) is 2.54. The van der Waals surface area contributed by atoms with Crippen LogP contribution in [0.1, 0.15) is 44.9 Å². The monoisotopic (exact) mass is 304 g/mol. The fraction of sp³-hybridized carbons (Fsp3) is 0.611. The third-order valence-electron chi connectivity index (χ3n) is 4.42. The lowest BCUT2D eigenvalue weighted by Gasteiger charge is -2.41. The Morgan fingerprint density at radius 2 is 2.05 bits per heavy atom. The molecule has 1 aromatic rings. The average molecular weight is 304 g/mol. The molecule has 1 aromatic carbocycles. The van der Waals surface area contributed by atoms with Crippen LogP contribution in [0.25, 0.3) is 0 Å². The van der Waals surface area contributed by atoms with Gasteiger partial charge in [-0.05, 0) is 38.3 Å². The Hall–Kier alpha value is -1.39. The average Bonchev–Trinajstić information content (AvgIpc) is 2.49. The van der Waals surface area contributed by atoms with Gasteiger partial charge in [0, 0.05) is 12.1 Å². The number of benzene rings is 1. The summed E-state index contributed by atoms with van der Waals surface area (Å²) in [6.07, 6.45) is 1.03. The SMILES string of the molecule is CCc1ccc([C@H](C)NC(=O)CN2CCOCC2(C)C)cc1. The van der Waals surface area contributed by atoms with E-state index >= 15 is 0 Å². The molecule has 1 amide bonds. The predicted molar refractivity (Wildman–Crippen MR) is 88.8 cm³/mol. The van der Waals surface area contributed by atoms with Crippen molar-refractivity contribution in [1.29, 1.82) is 0 Å². The number of rotatable bonds is 5. The highest BCUT2D eigenvalue weighted by atomic mass is 16.5. The van der Waals surface area contributed by atoms with Crippen molar-refractivity contribution in [2.45, 2.75) is 45.7 Å². The van der Waals surface area contributed by atoms with E-state index in [1.165, 1.54) is 5.56 Å². The van der Waals surface area contributed by atoms with Gasteiger partial charge in [0.1, 0.15) is 0 Å². The van der Waals surface area contributed by atoms with Gasteiger partial charge in [0.25, 0.3) is 0 Å². The van der Waals surface area contributed by atoms with E-state index in [9.17, 15) is 4.79 Å². The highest BCUT2D eigenvalue weighted by molar-refractivity contribution is 5.78. The quantitative estimate of drug-likeness (QED) is 0.909. The fourth-order valence-electron chi connectivity index (χ4n) is 2.77. The van der Waals surface area contributed by atoms with E-state index in [1.54, 1.807) is 0 Å². The number of carbonyl (C=O) groups excluding carboxylic acids is 1. The van der Waals surface area contributed by atoms with Crippen LogP contribution in [0.15, 0.2) is 24.3 Å². The van der Waals surface area contributed by atoms with Crippen LogP contribution in [0.4, 0.5) is 0 Å². The fourth-order valence-corrected chi connectivity index (χ4v) is 2.77. The zero-order valence-corrected chi connectivity index (χ0v) is 14.2. The van der Waals surface area contributed by atoms with Crippen molar-refractivity contribution < 1.29 is 9.53 Å². The standard InChI is InChI=1S/C18H28N2O2/c1-5-15-6-8-16(9-7-15)14(2)19-17(21)12-20-10-11-22-13-18(20,3)4/h6-9,14H,5,10-13H2,1-4H3,(H,19,21)/t14-/m0/s1. The number of morpholine rings is 1. The Labute approximate surface area is 133 Å². The first kappa shape index (κ1) is 17.0. The highest BCUT2D eigenvalue weighted by Gasteiger charge is 2.31. The molecule has 1 saturated heterocycles. The molecule has 0 spiro atoms. The highest BCUT2D eigenvalue weighted by Crippen LogP contribution is 2.19. The van der Waals surface area contributed by atoms with E-state index in [1.807, 2.05) is 6.92 Å². The van der Waals surface area contributed by atoms with Crippen molar-refractivity contribution in [3.63, 3.8) is 0 Å². The van der Waals surface area contributed by atoms with Gasteiger partial charge >= 0.3 is 0 Å². The zero-order chi connectivity index (χ0) is 16.2. The second-order valence-electron chi connectivity index (χ2n) is 6.67. The molecular weight excluding hydrogens is 276 g/mol. The van der Waals surface area contributed by atoms with Crippen molar-refractivity contribution >= 4 is 5.91 Å². The smallest absolute Gasteiger partial charge is 0.234 e. The van der Waals surface area contributed by atoms with Gasteiger partial charge < -0.3 is 10.1 Å². The summed E-state index contributed by atoms with van der Waals surface area (Å²) in [5.74, 6) is 0.0713. The third kappa shape index (κ3) is 4.31. The van der Waals surface area contributed by atoms with E-state index in [-0.39, 0.29) is 17.5 Å². The molecular formula is C18H28N2O2. The number of nitrogens with zero attached hydrogens (tertiary/aromatic N) is 1. The summed E-state index contributed by atoms with van der Waals surface area (Å²) in [7, 11) is 0. The number of aryl methyl sites for hydroxylation is 1. The number of amides is 1. The Balaban J connectivity index is 1.90. The molecule has 0 radical (unpaired) electrons. The largest absolute Gasteiger partial charge is 0.378 e. The van der Waals surface area contributed by atoms with E-state index < -0.39 is 0 Å². The molecule has 22 heavy (non-hydrogen) atoms. The van der Waals surface area contributed by atoms with Gasteiger partial charge in [0.2, 0.25) is 5.91 Å². The molecule has 1 aliphatic heterocycles. The van der Waals surface area contributed by atoms with Crippen molar-refractivity contribution in [1.82, 2.24) is 10.2 Å². The van der Waals surface area contributed by atoms with Crippen LogP contribution in [-0.2, 0) is 16.0 Å². The number of ether oxygens (including phenoxy) is 1. The molecule has 0 saturated carbocycles. The summed E-state index contributed by atoms with van der Waals surface area (Å²) in [5.41, 5.74) is 2.38. The first-order valence-electron chi connectivity index (χ1n) is 8.13. The molecule has 0 unspecified atom stereocenters. The van der Waals surface area contributed by atoms with Gasteiger partial charge in [0.15, 0.2) is 0 Å². The Morgan fingerprint density at radius 1 is 1.36 bits per heavy atom. The molecule has 0 aromatic heterocycles. The summed E-state index contributed by atoms with van der Waals surface area (Å²) in [6, 6.07) is 8.49. The summed E-state index contributed by atoms with van der Waals surface area (Å²) in [4.78, 5) is 14.5. The second kappa shape index (κ2) is 7.25. The molecule has 1 N–H and O–H groups in total. The van der Waals surface area contributed by atoms with Gasteiger partial charge in [-0.1, -0.05) is 31.2 Å². The lowest BCUT2D eigenvalue weighted by atomic mass is 10.0. The van der Waals surface area contributed by atoms with Crippen molar-refractivity contribution in [3.05, 3.63) is 35.4 Å². The Morgan fingerprint density at radius 3 is 2.64 bits per heavy atom. The van der Waals surface area contributed by atoms with E-state index in [0.29, 0.717) is 19.8 Å². The number of carbonyl (C=O) groups is 1. The molecule has 1 aliphatic rings. The van der Waals surface area contributed by atoms with Crippen LogP contribution in [0.3, 0.4) is 0 Å². The van der Waals surface area contributed by atoms with Crippen molar-refractivity contribution in [2.24, 2.45) is 0 Å². The lowest BCUT2D eigenvalue weighted by molar-refractivity contribution is -0.127. The number of nitrogens with one attached hydrogen (secondary N) is 1. The maximum atomic E-state index is 12.3. The van der Waals surface area contributed by atoms with Crippen LogP contribution in [-0.4, -0.2) is 42.6 Å². The Kier molecular flexibility index (Phi) is 5.59. The molecule has 1 fully saturated rings. The van der Waals surface area contributed by atoms with E-state index in [2.05, 4.69) is 55.3 Å². The zero-order valence-electron chi connectivity index (χ0n) is 14.2. The first-order valence-corrected chi connectivity index (χ1v) is 8.13. The molecule has 2 rings (SSSR count). The molecule has 4 heteroatoms. The Bertz CT molecular complexity index is 496. The van der Waals surface area contributed by atoms with Gasteiger partial charge in [-0.3, -0.25) is 9.69 Å². The summed E-state index contributed by atoms with van der Waals surface area (Å²) in [5, 5.41) is 3.10. The van der Waals surface area contributed by atoms with Crippen molar-refractivity contribution in [3.8, 4) is 0 Å². The molecule has 122 valence electrons. The minimum atomic E-state index is -0.0817. The van der Waals surface area contributed by atoms with E-state index in [4.69, 9.17) is 4.74 Å². The van der Waals surface area contributed by atoms with Gasteiger partial charge in [-0.15, -0.1) is 0 Å². The molecule has 1 heterocycles.